The lowest BCUT2D eigenvalue weighted by molar-refractivity contribution is 0.216. The van der Waals surface area contributed by atoms with E-state index in [4.69, 9.17) is 0 Å². The molecule has 2 amide bonds. The molecule has 0 unspecified atom stereocenters. The highest BCUT2D eigenvalue weighted by Gasteiger charge is 2.14. The lowest BCUT2D eigenvalue weighted by Gasteiger charge is -2.27. The Morgan fingerprint density at radius 1 is 1.19 bits per heavy atom. The predicted molar refractivity (Wildman–Crippen MR) is 66.6 cm³/mol. The quantitative estimate of drug-likeness (QED) is 0.768. The molecule has 0 saturated carbocycles. The van der Waals surface area contributed by atoms with Gasteiger partial charge < -0.3 is 15.5 Å². The first-order valence-electron chi connectivity index (χ1n) is 6.26. The highest BCUT2D eigenvalue weighted by Crippen LogP contribution is 2.07. The molecule has 0 aromatic heterocycles. The summed E-state index contributed by atoms with van der Waals surface area (Å²) < 4.78 is 0. The Morgan fingerprint density at radius 2 is 1.81 bits per heavy atom. The predicted octanol–water partition coefficient (Wildman–Crippen LogP) is 1.57. The van der Waals surface area contributed by atoms with Gasteiger partial charge in [-0.1, -0.05) is 6.42 Å². The van der Waals surface area contributed by atoms with Gasteiger partial charge in [0, 0.05) is 18.6 Å². The number of carbonyl (C=O) groups excluding carboxylic acids is 1. The first-order valence-corrected chi connectivity index (χ1v) is 6.26. The van der Waals surface area contributed by atoms with Gasteiger partial charge in [-0.2, -0.15) is 0 Å². The number of rotatable bonds is 3. The Balaban J connectivity index is 2.08. The first-order chi connectivity index (χ1) is 7.47. The summed E-state index contributed by atoms with van der Waals surface area (Å²) >= 11 is 0. The second-order valence-electron chi connectivity index (χ2n) is 5.53. The van der Waals surface area contributed by atoms with E-state index in [-0.39, 0.29) is 11.6 Å². The molecule has 1 fully saturated rings. The van der Waals surface area contributed by atoms with Crippen LogP contribution in [0.25, 0.3) is 0 Å². The van der Waals surface area contributed by atoms with Gasteiger partial charge in [0.15, 0.2) is 0 Å². The average molecular weight is 227 g/mol. The standard InChI is InChI=1S/C12H25N3O/c1-12(2,3)14-11(16)13-7-10-15-8-5-4-6-9-15/h4-10H2,1-3H3,(H2,13,14,16). The molecule has 1 rings (SSSR count). The minimum absolute atomic E-state index is 0.0653. The largest absolute Gasteiger partial charge is 0.337 e. The number of carbonyl (C=O) groups is 1. The Kier molecular flexibility index (Phi) is 5.06. The van der Waals surface area contributed by atoms with E-state index in [2.05, 4.69) is 15.5 Å². The first kappa shape index (κ1) is 13.3. The van der Waals surface area contributed by atoms with Crippen molar-refractivity contribution in [2.45, 2.75) is 45.6 Å². The monoisotopic (exact) mass is 227 g/mol. The Bertz CT molecular complexity index is 217. The molecule has 94 valence electrons. The van der Waals surface area contributed by atoms with E-state index in [1.54, 1.807) is 0 Å². The number of urea groups is 1. The molecule has 0 atom stereocenters. The number of hydrogen-bond donors (Lipinski definition) is 2. The molecule has 0 aromatic rings. The Labute approximate surface area is 98.8 Å². The summed E-state index contributed by atoms with van der Waals surface area (Å²) in [4.78, 5) is 13.9. The Hall–Kier alpha value is -0.770. The summed E-state index contributed by atoms with van der Waals surface area (Å²) in [7, 11) is 0. The van der Waals surface area contributed by atoms with Crippen molar-refractivity contribution in [3.63, 3.8) is 0 Å². The molecular weight excluding hydrogens is 202 g/mol. The lowest BCUT2D eigenvalue weighted by Crippen LogP contribution is -2.48. The van der Waals surface area contributed by atoms with Gasteiger partial charge in [0.25, 0.3) is 0 Å². The van der Waals surface area contributed by atoms with Crippen LogP contribution >= 0.6 is 0 Å². The van der Waals surface area contributed by atoms with Crippen LogP contribution in [0, 0.1) is 0 Å². The average Bonchev–Trinajstić information content (AvgIpc) is 2.16. The lowest BCUT2D eigenvalue weighted by atomic mass is 10.1. The van der Waals surface area contributed by atoms with E-state index < -0.39 is 0 Å². The van der Waals surface area contributed by atoms with E-state index in [1.807, 2.05) is 20.8 Å². The molecule has 1 aliphatic rings. The molecule has 1 heterocycles. The third-order valence-electron chi connectivity index (χ3n) is 2.65. The summed E-state index contributed by atoms with van der Waals surface area (Å²) in [6.45, 7) is 10.0. The molecule has 0 spiro atoms. The molecule has 2 N–H and O–H groups in total. The minimum Gasteiger partial charge on any atom is -0.337 e. The number of nitrogens with zero attached hydrogens (tertiary/aromatic N) is 1. The fourth-order valence-corrected chi connectivity index (χ4v) is 1.90. The number of nitrogens with one attached hydrogen (secondary N) is 2. The molecule has 4 nitrogen and oxygen atoms in total. The molecule has 0 radical (unpaired) electrons. The van der Waals surface area contributed by atoms with Gasteiger partial charge in [-0.15, -0.1) is 0 Å². The SMILES string of the molecule is CC(C)(C)NC(=O)NCCN1CCCCC1. The van der Waals surface area contributed by atoms with E-state index in [9.17, 15) is 4.79 Å². The zero-order chi connectivity index (χ0) is 12.0. The van der Waals surface area contributed by atoms with Crippen molar-refractivity contribution in [1.29, 1.82) is 0 Å². The van der Waals surface area contributed by atoms with Gasteiger partial charge in [0.1, 0.15) is 0 Å². The fraction of sp³-hybridized carbons (Fsp3) is 0.917. The fourth-order valence-electron chi connectivity index (χ4n) is 1.90. The van der Waals surface area contributed by atoms with Gasteiger partial charge >= 0.3 is 6.03 Å². The van der Waals surface area contributed by atoms with Crippen LogP contribution in [0.2, 0.25) is 0 Å². The molecule has 4 heteroatoms. The van der Waals surface area contributed by atoms with E-state index in [0.717, 1.165) is 13.1 Å². The molecule has 0 aliphatic carbocycles. The molecule has 0 bridgehead atoms. The summed E-state index contributed by atoms with van der Waals surface area (Å²) in [6, 6.07) is -0.0653. The van der Waals surface area contributed by atoms with Crippen LogP contribution in [-0.4, -0.2) is 42.6 Å². The maximum atomic E-state index is 11.5. The van der Waals surface area contributed by atoms with Gasteiger partial charge in [0.05, 0.1) is 0 Å². The summed E-state index contributed by atoms with van der Waals surface area (Å²) in [5.41, 5.74) is -0.158. The number of hydrogen-bond acceptors (Lipinski definition) is 2. The van der Waals surface area contributed by atoms with Crippen molar-refractivity contribution in [2.24, 2.45) is 0 Å². The van der Waals surface area contributed by atoms with E-state index in [1.165, 1.54) is 32.4 Å². The maximum absolute atomic E-state index is 11.5. The molecule has 1 aliphatic heterocycles. The summed E-state index contributed by atoms with van der Waals surface area (Å²) in [6.07, 6.45) is 3.96. The van der Waals surface area contributed by atoms with Gasteiger partial charge in [0.2, 0.25) is 0 Å². The topological polar surface area (TPSA) is 44.4 Å². The van der Waals surface area contributed by atoms with Crippen LogP contribution in [0.5, 0.6) is 0 Å². The van der Waals surface area contributed by atoms with E-state index >= 15 is 0 Å². The van der Waals surface area contributed by atoms with Crippen molar-refractivity contribution < 1.29 is 4.79 Å². The second-order valence-corrected chi connectivity index (χ2v) is 5.53. The van der Waals surface area contributed by atoms with Crippen molar-refractivity contribution >= 4 is 6.03 Å². The molecule has 1 saturated heterocycles. The number of likely N-dealkylation sites (tertiary alicyclic amines) is 1. The van der Waals surface area contributed by atoms with Crippen LogP contribution in [0.3, 0.4) is 0 Å². The van der Waals surface area contributed by atoms with Crippen molar-refractivity contribution in [3.8, 4) is 0 Å². The molecule has 0 aromatic carbocycles. The van der Waals surface area contributed by atoms with Gasteiger partial charge in [-0.25, -0.2) is 4.79 Å². The van der Waals surface area contributed by atoms with Crippen molar-refractivity contribution in [2.75, 3.05) is 26.2 Å². The van der Waals surface area contributed by atoms with Crippen LogP contribution in [0.15, 0.2) is 0 Å². The Morgan fingerprint density at radius 3 is 2.38 bits per heavy atom. The molecular formula is C12H25N3O. The third kappa shape index (κ3) is 5.95. The van der Waals surface area contributed by atoms with Crippen molar-refractivity contribution in [3.05, 3.63) is 0 Å². The van der Waals surface area contributed by atoms with Crippen molar-refractivity contribution in [1.82, 2.24) is 15.5 Å². The highest BCUT2D eigenvalue weighted by atomic mass is 16.2. The van der Waals surface area contributed by atoms with E-state index in [0.29, 0.717) is 0 Å². The minimum atomic E-state index is -0.158. The number of amides is 2. The number of piperidine rings is 1. The maximum Gasteiger partial charge on any atom is 0.315 e. The zero-order valence-corrected chi connectivity index (χ0v) is 10.8. The van der Waals surface area contributed by atoms with Crippen LogP contribution < -0.4 is 10.6 Å². The van der Waals surface area contributed by atoms with Gasteiger partial charge in [-0.3, -0.25) is 0 Å². The smallest absolute Gasteiger partial charge is 0.315 e. The van der Waals surface area contributed by atoms with Crippen LogP contribution in [-0.2, 0) is 0 Å². The molecule has 16 heavy (non-hydrogen) atoms. The highest BCUT2D eigenvalue weighted by molar-refractivity contribution is 5.74. The third-order valence-corrected chi connectivity index (χ3v) is 2.65. The van der Waals surface area contributed by atoms with Crippen LogP contribution in [0.1, 0.15) is 40.0 Å². The normalized spacial score (nSPS) is 18.2. The summed E-state index contributed by atoms with van der Waals surface area (Å²) in [5, 5.41) is 5.78. The van der Waals surface area contributed by atoms with Gasteiger partial charge in [-0.05, 0) is 46.7 Å². The van der Waals surface area contributed by atoms with Crippen LogP contribution in [0.4, 0.5) is 4.79 Å². The zero-order valence-electron chi connectivity index (χ0n) is 10.8. The second kappa shape index (κ2) is 6.09. The summed E-state index contributed by atoms with van der Waals surface area (Å²) in [5.74, 6) is 0.